The molecule has 10 heteroatoms. The number of fused-ring (bicyclic) bond motifs is 1. The average molecular weight is 636 g/mol. The van der Waals surface area contributed by atoms with Crippen LogP contribution in [0.4, 0.5) is 0 Å². The molecule has 0 aliphatic carbocycles. The summed E-state index contributed by atoms with van der Waals surface area (Å²) in [5.41, 5.74) is 0.645. The molecule has 0 spiro atoms. The van der Waals surface area contributed by atoms with Crippen LogP contribution in [0.3, 0.4) is 0 Å². The van der Waals surface area contributed by atoms with Gasteiger partial charge in [0.05, 0.1) is 45.0 Å². The maximum atomic E-state index is 13.1. The minimum absolute atomic E-state index is 0.0465. The highest BCUT2D eigenvalue weighted by atomic mass is 16.6. The van der Waals surface area contributed by atoms with Gasteiger partial charge in [-0.2, -0.15) is 5.26 Å². The van der Waals surface area contributed by atoms with Crippen LogP contribution in [0, 0.1) is 23.7 Å². The number of methoxy groups -OCH3 is 2. The lowest BCUT2D eigenvalue weighted by Crippen LogP contribution is -2.43. The van der Waals surface area contributed by atoms with Crippen molar-refractivity contribution >= 4 is 0 Å². The smallest absolute Gasteiger partial charge is 0.330 e. The highest BCUT2D eigenvalue weighted by Gasteiger charge is 2.62. The quantitative estimate of drug-likeness (QED) is 0.180. The Hall–Kier alpha value is -4.95. The molecule has 242 valence electrons. The Bertz CT molecular complexity index is 1850. The normalized spacial score (nSPS) is 22.1. The zero-order valence-corrected chi connectivity index (χ0v) is 26.6. The maximum Gasteiger partial charge on any atom is 0.330 e. The largest absolute Gasteiger partial charge is 0.497 e. The van der Waals surface area contributed by atoms with Gasteiger partial charge in [0.15, 0.2) is 6.23 Å². The van der Waals surface area contributed by atoms with Gasteiger partial charge in [0.1, 0.15) is 23.2 Å². The van der Waals surface area contributed by atoms with Gasteiger partial charge in [0.25, 0.3) is 5.56 Å². The Morgan fingerprint density at radius 1 is 0.979 bits per heavy atom. The van der Waals surface area contributed by atoms with E-state index < -0.39 is 40.7 Å². The minimum atomic E-state index is -1.13. The molecule has 0 bridgehead atoms. The molecule has 2 aliphatic heterocycles. The summed E-state index contributed by atoms with van der Waals surface area (Å²) in [4.78, 5) is 27.7. The van der Waals surface area contributed by atoms with Crippen molar-refractivity contribution in [2.24, 2.45) is 5.41 Å². The van der Waals surface area contributed by atoms with E-state index in [0.29, 0.717) is 23.5 Å². The third-order valence-electron chi connectivity index (χ3n) is 9.44. The summed E-state index contributed by atoms with van der Waals surface area (Å²) < 4.78 is 32.5. The van der Waals surface area contributed by atoms with E-state index in [2.05, 4.69) is 17.6 Å². The molecule has 2 aliphatic rings. The fourth-order valence-electron chi connectivity index (χ4n) is 6.98. The van der Waals surface area contributed by atoms with E-state index >= 15 is 0 Å². The number of aromatic nitrogens is 2. The van der Waals surface area contributed by atoms with E-state index in [1.165, 1.54) is 10.8 Å². The number of nitrogens with one attached hydrogen (secondary N) is 1. The van der Waals surface area contributed by atoms with Gasteiger partial charge >= 0.3 is 5.69 Å². The Kier molecular flexibility index (Phi) is 8.88. The highest BCUT2D eigenvalue weighted by molar-refractivity contribution is 5.50. The highest BCUT2D eigenvalue weighted by Crippen LogP contribution is 2.57. The molecule has 6 rings (SSSR count). The topological polar surface area (TPSA) is 125 Å². The van der Waals surface area contributed by atoms with Gasteiger partial charge in [-0.3, -0.25) is 14.3 Å². The molecule has 0 unspecified atom stereocenters. The molecule has 0 amide bonds. The molecule has 2 saturated heterocycles. The molecule has 3 aromatic carbocycles. The van der Waals surface area contributed by atoms with Crippen molar-refractivity contribution in [1.29, 1.82) is 5.26 Å². The number of hydrogen-bond donors (Lipinski definition) is 1. The molecule has 0 radical (unpaired) electrons. The van der Waals surface area contributed by atoms with Crippen LogP contribution in [0.1, 0.15) is 41.3 Å². The molecule has 1 aromatic heterocycles. The second kappa shape index (κ2) is 13.0. The van der Waals surface area contributed by atoms with Crippen LogP contribution >= 0.6 is 0 Å². The second-order valence-corrected chi connectivity index (χ2v) is 11.8. The van der Waals surface area contributed by atoms with E-state index in [9.17, 15) is 14.9 Å². The van der Waals surface area contributed by atoms with E-state index in [4.69, 9.17) is 23.7 Å². The summed E-state index contributed by atoms with van der Waals surface area (Å²) in [5, 5.41) is 9.69. The lowest BCUT2D eigenvalue weighted by Gasteiger charge is -2.39. The van der Waals surface area contributed by atoms with Gasteiger partial charge in [-0.25, -0.2) is 4.79 Å². The number of ether oxygens (including phenoxy) is 5. The first-order valence-corrected chi connectivity index (χ1v) is 15.4. The third-order valence-corrected chi connectivity index (χ3v) is 9.44. The number of aryl methyl sites for hydroxylation is 1. The molecule has 4 atom stereocenters. The number of hydrogen-bond acceptors (Lipinski definition) is 8. The van der Waals surface area contributed by atoms with Crippen LogP contribution in [0.15, 0.2) is 107 Å². The van der Waals surface area contributed by atoms with Crippen LogP contribution in [-0.4, -0.2) is 49.2 Å². The van der Waals surface area contributed by atoms with E-state index in [-0.39, 0.29) is 19.6 Å². The molecular weight excluding hydrogens is 598 g/mol. The van der Waals surface area contributed by atoms with Crippen molar-refractivity contribution in [3.63, 3.8) is 0 Å². The number of rotatable bonds is 11. The monoisotopic (exact) mass is 635 g/mol. The lowest BCUT2D eigenvalue weighted by atomic mass is 9.71. The summed E-state index contributed by atoms with van der Waals surface area (Å²) >= 11 is 0. The van der Waals surface area contributed by atoms with Gasteiger partial charge in [0, 0.05) is 18.2 Å². The van der Waals surface area contributed by atoms with Crippen LogP contribution in [0.25, 0.3) is 0 Å². The number of aromatic amines is 1. The fourth-order valence-corrected chi connectivity index (χ4v) is 6.98. The first-order valence-electron chi connectivity index (χ1n) is 15.4. The standard InChI is InChI=1S/C37H37N3O7/c1-24-21-40(35(42)39-33(24)41)34-32-36(19-8-20-38,25(2)22-45-32)31(47-34)23-46-37(26-9-6-5-7-10-26,27-11-15-29(43-3)16-12-27)28-13-17-30(44-4)18-14-28/h5-7,9-18,21,31-32,34H,2,8,19,22-23H2,1,3-4H3,(H,39,41,42)/t31-,32+,34-,36-/m1/s1. The Morgan fingerprint density at radius 3 is 2.15 bits per heavy atom. The van der Waals surface area contributed by atoms with Gasteiger partial charge in [-0.1, -0.05) is 61.2 Å². The van der Waals surface area contributed by atoms with Gasteiger partial charge in [-0.05, 0) is 59.9 Å². The zero-order valence-electron chi connectivity index (χ0n) is 26.6. The SMILES string of the molecule is C=C1CO[C@H]2[C@H](n3cc(C)c(=O)[nH]c3=O)O[C@H](COC(c3ccccc3)(c3ccc(OC)cc3)c3ccc(OC)cc3)[C@@]12CCC#N. The molecule has 47 heavy (non-hydrogen) atoms. The van der Waals surface area contributed by atoms with Gasteiger partial charge in [0.2, 0.25) is 0 Å². The molecule has 1 N–H and O–H groups in total. The molecule has 10 nitrogen and oxygen atoms in total. The Balaban J connectivity index is 1.49. The third kappa shape index (κ3) is 5.46. The second-order valence-electron chi connectivity index (χ2n) is 11.8. The zero-order chi connectivity index (χ0) is 33.2. The van der Waals surface area contributed by atoms with Crippen molar-refractivity contribution in [2.75, 3.05) is 27.4 Å². The van der Waals surface area contributed by atoms with Gasteiger partial charge < -0.3 is 23.7 Å². The van der Waals surface area contributed by atoms with Crippen LogP contribution < -0.4 is 20.7 Å². The van der Waals surface area contributed by atoms with Crippen molar-refractivity contribution < 1.29 is 23.7 Å². The van der Waals surface area contributed by atoms with E-state index in [1.807, 2.05) is 78.9 Å². The maximum absolute atomic E-state index is 13.1. The predicted octanol–water partition coefficient (Wildman–Crippen LogP) is 5.01. The van der Waals surface area contributed by atoms with Crippen LogP contribution in [0.5, 0.6) is 11.5 Å². The number of nitrogens with zero attached hydrogens (tertiary/aromatic N) is 2. The fraction of sp³-hybridized carbons (Fsp3) is 0.324. The van der Waals surface area contributed by atoms with Crippen molar-refractivity contribution in [3.8, 4) is 17.6 Å². The van der Waals surface area contributed by atoms with Crippen LogP contribution in [0.2, 0.25) is 0 Å². The predicted molar refractivity (Wildman–Crippen MR) is 174 cm³/mol. The molecule has 3 heterocycles. The first kappa shape index (κ1) is 32.0. The molecular formula is C37H37N3O7. The number of nitriles is 1. The number of H-pyrrole nitrogens is 1. The molecule has 0 saturated carbocycles. The van der Waals surface area contributed by atoms with E-state index in [1.54, 1.807) is 21.1 Å². The summed E-state index contributed by atoms with van der Waals surface area (Å²) in [5.74, 6) is 1.40. The lowest BCUT2D eigenvalue weighted by molar-refractivity contribution is -0.102. The van der Waals surface area contributed by atoms with E-state index in [0.717, 1.165) is 22.3 Å². The Morgan fingerprint density at radius 2 is 1.57 bits per heavy atom. The summed E-state index contributed by atoms with van der Waals surface area (Å²) in [6.07, 6.45) is -0.119. The molecule has 4 aromatic rings. The minimum Gasteiger partial charge on any atom is -0.497 e. The summed E-state index contributed by atoms with van der Waals surface area (Å²) in [6, 6.07) is 27.6. The average Bonchev–Trinajstić information content (AvgIpc) is 3.60. The summed E-state index contributed by atoms with van der Waals surface area (Å²) in [7, 11) is 3.24. The number of benzene rings is 3. The van der Waals surface area contributed by atoms with Crippen molar-refractivity contribution in [3.05, 3.63) is 140 Å². The summed E-state index contributed by atoms with van der Waals surface area (Å²) in [6.45, 7) is 6.28. The van der Waals surface area contributed by atoms with Gasteiger partial charge in [-0.15, -0.1) is 0 Å². The molecule has 2 fully saturated rings. The van der Waals surface area contributed by atoms with Crippen LogP contribution in [-0.2, 0) is 19.8 Å². The van der Waals surface area contributed by atoms with Crippen molar-refractivity contribution in [2.45, 2.75) is 43.8 Å². The Labute approximate surface area is 272 Å². The first-order chi connectivity index (χ1) is 22.8. The van der Waals surface area contributed by atoms with Crippen molar-refractivity contribution in [1.82, 2.24) is 9.55 Å².